The maximum atomic E-state index is 16.2. The van der Waals surface area contributed by atoms with Crippen LogP contribution in [0.25, 0.3) is 55.8 Å². The second kappa shape index (κ2) is 11.2. The smallest absolute Gasteiger partial charge is 0.224 e. The Bertz CT molecular complexity index is 2180. The third-order valence-corrected chi connectivity index (χ3v) is 8.28. The van der Waals surface area contributed by atoms with Gasteiger partial charge in [0.1, 0.15) is 28.2 Å². The standard InChI is InChI=1S/C30H26F2N8O3S/c1-3-4-23(41)36-19-12-17(13-34-14-19)20-5-6-21-24(25(20)32)28(40-39-21)30-37-22-7-8-35-26(27(22)38-30)15-9-16(11-18(31)10-15)29(33)44(2,42)43/h5-14,29H,3-4,33H2,1-2H3,(H,36,41)(H,37,38)(H,39,40). The third kappa shape index (κ3) is 5.40. The third-order valence-electron chi connectivity index (χ3n) is 7.09. The van der Waals surface area contributed by atoms with Gasteiger partial charge in [0.05, 0.1) is 34.0 Å². The fourth-order valence-corrected chi connectivity index (χ4v) is 5.62. The van der Waals surface area contributed by atoms with Crippen molar-refractivity contribution >= 4 is 43.4 Å². The van der Waals surface area contributed by atoms with E-state index in [1.807, 2.05) is 6.92 Å². The van der Waals surface area contributed by atoms with Crippen molar-refractivity contribution in [3.63, 3.8) is 0 Å². The van der Waals surface area contributed by atoms with Crippen molar-refractivity contribution < 1.29 is 22.0 Å². The highest BCUT2D eigenvalue weighted by atomic mass is 32.2. The lowest BCUT2D eigenvalue weighted by Gasteiger charge is -2.12. The van der Waals surface area contributed by atoms with Crippen LogP contribution in [0.4, 0.5) is 14.5 Å². The minimum absolute atomic E-state index is 0.0634. The molecule has 1 atom stereocenters. The summed E-state index contributed by atoms with van der Waals surface area (Å²) in [6.45, 7) is 1.90. The first-order valence-corrected chi connectivity index (χ1v) is 15.5. The molecule has 5 N–H and O–H groups in total. The number of imidazole rings is 1. The number of anilines is 1. The number of benzene rings is 2. The average molecular weight is 617 g/mol. The van der Waals surface area contributed by atoms with Crippen LogP contribution in [0.1, 0.15) is 30.7 Å². The topological polar surface area (TPSA) is 172 Å². The fraction of sp³-hybridized carbons (Fsp3) is 0.167. The van der Waals surface area contributed by atoms with Crippen molar-refractivity contribution in [1.82, 2.24) is 30.1 Å². The number of nitrogens with one attached hydrogen (secondary N) is 3. The minimum atomic E-state index is -3.70. The van der Waals surface area contributed by atoms with Crippen molar-refractivity contribution in [3.05, 3.63) is 78.3 Å². The highest BCUT2D eigenvalue weighted by Crippen LogP contribution is 2.36. The van der Waals surface area contributed by atoms with Gasteiger partial charge in [0.15, 0.2) is 15.7 Å². The van der Waals surface area contributed by atoms with Gasteiger partial charge in [0.2, 0.25) is 5.91 Å². The second-order valence-corrected chi connectivity index (χ2v) is 12.5. The number of fused-ring (bicyclic) bond motifs is 2. The predicted octanol–water partition coefficient (Wildman–Crippen LogP) is 5.25. The summed E-state index contributed by atoms with van der Waals surface area (Å²) in [6.07, 6.45) is 6.49. The van der Waals surface area contributed by atoms with E-state index in [2.05, 4.69) is 35.5 Å². The molecule has 4 heterocycles. The molecule has 0 saturated carbocycles. The number of halogens is 2. The largest absolute Gasteiger partial charge is 0.336 e. The van der Waals surface area contributed by atoms with Crippen LogP contribution in [-0.2, 0) is 14.6 Å². The highest BCUT2D eigenvalue weighted by molar-refractivity contribution is 7.90. The number of aromatic amines is 2. The van der Waals surface area contributed by atoms with Crippen LogP contribution in [0.2, 0.25) is 0 Å². The summed E-state index contributed by atoms with van der Waals surface area (Å²) in [5.74, 6) is -1.21. The van der Waals surface area contributed by atoms with Gasteiger partial charge in [-0.3, -0.25) is 19.9 Å². The minimum Gasteiger partial charge on any atom is -0.336 e. The maximum Gasteiger partial charge on any atom is 0.224 e. The zero-order valence-electron chi connectivity index (χ0n) is 23.5. The number of carbonyl (C=O) groups is 1. The van der Waals surface area contributed by atoms with E-state index in [1.165, 1.54) is 30.7 Å². The number of nitrogens with two attached hydrogens (primary N) is 1. The molecule has 0 aliphatic rings. The Hall–Kier alpha value is -5.08. The van der Waals surface area contributed by atoms with Crippen LogP contribution < -0.4 is 11.1 Å². The summed E-state index contributed by atoms with van der Waals surface area (Å²) in [4.78, 5) is 28.4. The predicted molar refractivity (Wildman–Crippen MR) is 163 cm³/mol. The van der Waals surface area contributed by atoms with Crippen LogP contribution in [0.15, 0.2) is 61.1 Å². The lowest BCUT2D eigenvalue weighted by Crippen LogP contribution is -2.20. The van der Waals surface area contributed by atoms with Gasteiger partial charge in [0, 0.05) is 41.8 Å². The highest BCUT2D eigenvalue weighted by Gasteiger charge is 2.23. The van der Waals surface area contributed by atoms with E-state index in [9.17, 15) is 17.6 Å². The Labute approximate surface area is 249 Å². The number of sulfone groups is 1. The molecule has 6 rings (SSSR count). The van der Waals surface area contributed by atoms with Crippen LogP contribution in [0, 0.1) is 11.6 Å². The second-order valence-electron chi connectivity index (χ2n) is 10.3. The van der Waals surface area contributed by atoms with Crippen molar-refractivity contribution in [2.75, 3.05) is 11.6 Å². The molecule has 14 heteroatoms. The van der Waals surface area contributed by atoms with Gasteiger partial charge in [-0.1, -0.05) is 6.92 Å². The van der Waals surface area contributed by atoms with E-state index in [0.29, 0.717) is 40.6 Å². The van der Waals surface area contributed by atoms with Crippen molar-refractivity contribution in [2.24, 2.45) is 5.73 Å². The number of H-pyrrole nitrogens is 2. The molecule has 4 aromatic heterocycles. The van der Waals surface area contributed by atoms with E-state index < -0.39 is 26.8 Å². The van der Waals surface area contributed by atoms with Gasteiger partial charge >= 0.3 is 0 Å². The Balaban J connectivity index is 1.43. The average Bonchev–Trinajstić information content (AvgIpc) is 3.61. The molecule has 0 aliphatic carbocycles. The molecular weight excluding hydrogens is 590 g/mol. The summed E-state index contributed by atoms with van der Waals surface area (Å²) in [5.41, 5.74) is 9.06. The summed E-state index contributed by atoms with van der Waals surface area (Å²) in [5, 5.41) is 8.66. The molecule has 0 saturated heterocycles. The van der Waals surface area contributed by atoms with E-state index in [-0.39, 0.29) is 45.2 Å². The van der Waals surface area contributed by atoms with E-state index in [1.54, 1.807) is 24.3 Å². The zero-order valence-corrected chi connectivity index (χ0v) is 24.3. The molecule has 0 radical (unpaired) electrons. The first-order chi connectivity index (χ1) is 21.0. The lowest BCUT2D eigenvalue weighted by molar-refractivity contribution is -0.116. The fourth-order valence-electron chi connectivity index (χ4n) is 4.99. The quantitative estimate of drug-likeness (QED) is 0.180. The van der Waals surface area contributed by atoms with Gasteiger partial charge in [0.25, 0.3) is 0 Å². The molecule has 0 fully saturated rings. The van der Waals surface area contributed by atoms with Crippen LogP contribution in [0.3, 0.4) is 0 Å². The molecule has 44 heavy (non-hydrogen) atoms. The summed E-state index contributed by atoms with van der Waals surface area (Å²) in [7, 11) is -3.70. The molecule has 0 spiro atoms. The van der Waals surface area contributed by atoms with Crippen LogP contribution >= 0.6 is 0 Å². The number of pyridine rings is 2. The summed E-state index contributed by atoms with van der Waals surface area (Å²) >= 11 is 0. The molecule has 224 valence electrons. The first kappa shape index (κ1) is 29.0. The Morgan fingerprint density at radius 3 is 2.64 bits per heavy atom. The van der Waals surface area contributed by atoms with Gasteiger partial charge in [-0.15, -0.1) is 0 Å². The molecule has 0 bridgehead atoms. The van der Waals surface area contributed by atoms with Crippen molar-refractivity contribution in [1.29, 1.82) is 0 Å². The van der Waals surface area contributed by atoms with Crippen molar-refractivity contribution in [2.45, 2.75) is 25.1 Å². The summed E-state index contributed by atoms with van der Waals surface area (Å²) in [6, 6.07) is 10.3. The Morgan fingerprint density at radius 1 is 1.05 bits per heavy atom. The Kier molecular flexibility index (Phi) is 7.39. The zero-order chi connectivity index (χ0) is 31.2. The van der Waals surface area contributed by atoms with Crippen LogP contribution in [-0.4, -0.2) is 50.7 Å². The van der Waals surface area contributed by atoms with E-state index in [4.69, 9.17) is 5.73 Å². The number of amides is 1. The lowest BCUT2D eigenvalue weighted by atomic mass is 10.0. The molecule has 11 nitrogen and oxygen atoms in total. The monoisotopic (exact) mass is 616 g/mol. The number of nitrogens with zero attached hydrogens (tertiary/aromatic N) is 4. The molecule has 6 aromatic rings. The number of aromatic nitrogens is 6. The Morgan fingerprint density at radius 2 is 1.86 bits per heavy atom. The molecule has 0 aliphatic heterocycles. The number of rotatable bonds is 8. The summed E-state index contributed by atoms with van der Waals surface area (Å²) < 4.78 is 54.9. The normalized spacial score (nSPS) is 12.6. The van der Waals surface area contributed by atoms with Gasteiger partial charge in [-0.25, -0.2) is 22.2 Å². The van der Waals surface area contributed by atoms with Crippen molar-refractivity contribution in [3.8, 4) is 33.9 Å². The number of hydrogen-bond acceptors (Lipinski definition) is 8. The van der Waals surface area contributed by atoms with E-state index >= 15 is 4.39 Å². The maximum absolute atomic E-state index is 16.2. The van der Waals surface area contributed by atoms with E-state index in [0.717, 1.165) is 12.3 Å². The van der Waals surface area contributed by atoms with Crippen LogP contribution in [0.5, 0.6) is 0 Å². The molecule has 1 amide bonds. The molecule has 1 unspecified atom stereocenters. The van der Waals surface area contributed by atoms with Gasteiger partial charge in [-0.05, 0) is 54.4 Å². The first-order valence-electron chi connectivity index (χ1n) is 13.6. The SMILES string of the molecule is CCCC(=O)Nc1cncc(-c2ccc3[nH]nc(-c4nc5c(-c6cc(F)cc(C(N)S(C)(=O)=O)c6)nccc5[nH]4)c3c2F)c1. The molecule has 2 aromatic carbocycles. The molecular formula is C30H26F2N8O3S. The number of hydrogen-bond donors (Lipinski definition) is 4. The van der Waals surface area contributed by atoms with Gasteiger partial charge in [-0.2, -0.15) is 5.10 Å². The van der Waals surface area contributed by atoms with Gasteiger partial charge < -0.3 is 16.0 Å². The number of carbonyl (C=O) groups excluding carboxylic acids is 1.